The fourth-order valence-corrected chi connectivity index (χ4v) is 1.91. The van der Waals surface area contributed by atoms with Crippen molar-refractivity contribution in [2.24, 2.45) is 0 Å². The van der Waals surface area contributed by atoms with Crippen LogP contribution in [0.3, 0.4) is 0 Å². The van der Waals surface area contributed by atoms with Gasteiger partial charge in [-0.2, -0.15) is 0 Å². The second-order valence-corrected chi connectivity index (χ2v) is 4.71. The smallest absolute Gasteiger partial charge is 0.317 e. The summed E-state index contributed by atoms with van der Waals surface area (Å²) in [6.07, 6.45) is 0. The largest absolute Gasteiger partial charge is 0.380 e. The fraction of sp³-hybridized carbons (Fsp3) is 0.636. The number of hydrogen-bond acceptors (Lipinski definition) is 4. The first-order valence-electron chi connectivity index (χ1n) is 5.61. The van der Waals surface area contributed by atoms with Gasteiger partial charge in [-0.25, -0.2) is 9.78 Å². The molecule has 5 nitrogen and oxygen atoms in total. The highest BCUT2D eigenvalue weighted by Crippen LogP contribution is 2.09. The molecular formula is C11H19N3O2S. The molecule has 0 spiro atoms. The highest BCUT2D eigenvalue weighted by Gasteiger charge is 2.09. The first-order valence-corrected chi connectivity index (χ1v) is 6.49. The summed E-state index contributed by atoms with van der Waals surface area (Å²) < 4.78 is 5.14. The topological polar surface area (TPSA) is 54.5 Å². The molecule has 0 radical (unpaired) electrons. The van der Waals surface area contributed by atoms with Crippen molar-refractivity contribution in [3.8, 4) is 0 Å². The number of nitrogens with one attached hydrogen (secondary N) is 1. The van der Waals surface area contributed by atoms with Crippen LogP contribution in [0.25, 0.3) is 0 Å². The van der Waals surface area contributed by atoms with E-state index < -0.39 is 0 Å². The number of nitrogens with zero attached hydrogens (tertiary/aromatic N) is 2. The minimum atomic E-state index is -0.102. The van der Waals surface area contributed by atoms with Crippen LogP contribution in [0.1, 0.15) is 17.6 Å². The van der Waals surface area contributed by atoms with Crippen molar-refractivity contribution in [1.29, 1.82) is 0 Å². The molecule has 1 rings (SSSR count). The second-order valence-electron chi connectivity index (χ2n) is 3.64. The number of ether oxygens (including phenoxy) is 1. The van der Waals surface area contributed by atoms with E-state index in [0.29, 0.717) is 26.3 Å². The summed E-state index contributed by atoms with van der Waals surface area (Å²) in [4.78, 5) is 17.6. The lowest BCUT2D eigenvalue weighted by atomic mass is 10.4. The van der Waals surface area contributed by atoms with Crippen LogP contribution in [0, 0.1) is 6.92 Å². The predicted molar refractivity (Wildman–Crippen MR) is 68.2 cm³/mol. The fourth-order valence-electron chi connectivity index (χ4n) is 1.31. The Balaban J connectivity index is 2.27. The van der Waals surface area contributed by atoms with Crippen molar-refractivity contribution in [2.75, 3.05) is 26.8 Å². The summed E-state index contributed by atoms with van der Waals surface area (Å²) in [5, 5.41) is 5.77. The predicted octanol–water partition coefficient (Wildman–Crippen LogP) is 1.63. The third kappa shape index (κ3) is 5.14. The molecule has 1 N–H and O–H groups in total. The molecule has 0 saturated heterocycles. The van der Waals surface area contributed by atoms with Gasteiger partial charge in [0.25, 0.3) is 0 Å². The van der Waals surface area contributed by atoms with Crippen molar-refractivity contribution in [2.45, 2.75) is 20.4 Å². The van der Waals surface area contributed by atoms with Gasteiger partial charge in [0.05, 0.1) is 23.9 Å². The molecule has 6 heteroatoms. The molecule has 0 unspecified atom stereocenters. The lowest BCUT2D eigenvalue weighted by molar-refractivity contribution is 0.146. The van der Waals surface area contributed by atoms with Crippen LogP contribution in [0.5, 0.6) is 0 Å². The summed E-state index contributed by atoms with van der Waals surface area (Å²) in [7, 11) is 1.75. The molecular weight excluding hydrogens is 238 g/mol. The van der Waals surface area contributed by atoms with Crippen molar-refractivity contribution in [3.05, 3.63) is 16.1 Å². The zero-order valence-electron chi connectivity index (χ0n) is 10.5. The Morgan fingerprint density at radius 1 is 1.65 bits per heavy atom. The minimum absolute atomic E-state index is 0.102. The molecule has 0 bridgehead atoms. The van der Waals surface area contributed by atoms with E-state index in [1.165, 1.54) is 0 Å². The number of carbonyl (C=O) groups is 1. The summed E-state index contributed by atoms with van der Waals surface area (Å²) in [5.41, 5.74) is 0.926. The van der Waals surface area contributed by atoms with Gasteiger partial charge in [0.15, 0.2) is 0 Å². The average Bonchev–Trinajstić information content (AvgIpc) is 2.70. The molecule has 0 atom stereocenters. The SMILES string of the molecule is CCOCCNC(=O)N(C)Cc1csc(C)n1. The lowest BCUT2D eigenvalue weighted by Gasteiger charge is -2.16. The van der Waals surface area contributed by atoms with Crippen LogP contribution in [-0.2, 0) is 11.3 Å². The van der Waals surface area contributed by atoms with Gasteiger partial charge < -0.3 is 15.0 Å². The Morgan fingerprint density at radius 2 is 2.41 bits per heavy atom. The molecule has 1 aromatic rings. The van der Waals surface area contributed by atoms with Gasteiger partial charge in [0, 0.05) is 25.6 Å². The van der Waals surface area contributed by atoms with Crippen LogP contribution >= 0.6 is 11.3 Å². The summed E-state index contributed by atoms with van der Waals surface area (Å²) in [6.45, 7) is 6.17. The number of aryl methyl sites for hydroxylation is 1. The molecule has 0 fully saturated rings. The zero-order valence-corrected chi connectivity index (χ0v) is 11.3. The van der Waals surface area contributed by atoms with Gasteiger partial charge >= 0.3 is 6.03 Å². The van der Waals surface area contributed by atoms with Gasteiger partial charge in [-0.1, -0.05) is 0 Å². The van der Waals surface area contributed by atoms with Crippen LogP contribution in [-0.4, -0.2) is 42.7 Å². The molecule has 0 saturated carbocycles. The summed E-state index contributed by atoms with van der Waals surface area (Å²) >= 11 is 1.59. The summed E-state index contributed by atoms with van der Waals surface area (Å²) in [6, 6.07) is -0.102. The standard InChI is InChI=1S/C11H19N3O2S/c1-4-16-6-5-12-11(15)14(3)7-10-8-17-9(2)13-10/h8H,4-7H2,1-3H3,(H,12,15). The number of hydrogen-bond donors (Lipinski definition) is 1. The van der Waals surface area contributed by atoms with E-state index in [0.717, 1.165) is 10.7 Å². The molecule has 0 aliphatic carbocycles. The Bertz CT molecular complexity index is 354. The van der Waals surface area contributed by atoms with Gasteiger partial charge in [0.1, 0.15) is 0 Å². The molecule has 0 aliphatic rings. The van der Waals surface area contributed by atoms with Gasteiger partial charge in [-0.05, 0) is 13.8 Å². The highest BCUT2D eigenvalue weighted by molar-refractivity contribution is 7.09. The maximum absolute atomic E-state index is 11.7. The van der Waals surface area contributed by atoms with Crippen LogP contribution in [0.4, 0.5) is 4.79 Å². The van der Waals surface area contributed by atoms with E-state index in [1.807, 2.05) is 19.2 Å². The van der Waals surface area contributed by atoms with Crippen LogP contribution < -0.4 is 5.32 Å². The second kappa shape index (κ2) is 7.24. The van der Waals surface area contributed by atoms with Crippen molar-refractivity contribution < 1.29 is 9.53 Å². The first kappa shape index (κ1) is 13.9. The van der Waals surface area contributed by atoms with Gasteiger partial charge in [0.2, 0.25) is 0 Å². The number of aromatic nitrogens is 1. The molecule has 0 aromatic carbocycles. The van der Waals surface area contributed by atoms with E-state index in [-0.39, 0.29) is 6.03 Å². The van der Waals surface area contributed by atoms with Crippen molar-refractivity contribution >= 4 is 17.4 Å². The van der Waals surface area contributed by atoms with E-state index in [9.17, 15) is 4.79 Å². The van der Waals surface area contributed by atoms with Gasteiger partial charge in [-0.15, -0.1) is 11.3 Å². The lowest BCUT2D eigenvalue weighted by Crippen LogP contribution is -2.38. The first-order chi connectivity index (χ1) is 8.13. The zero-order chi connectivity index (χ0) is 12.7. The van der Waals surface area contributed by atoms with E-state index in [2.05, 4.69) is 10.3 Å². The quantitative estimate of drug-likeness (QED) is 0.788. The number of thiazole rings is 1. The third-order valence-corrected chi connectivity index (χ3v) is 2.96. The Morgan fingerprint density at radius 3 is 3.00 bits per heavy atom. The average molecular weight is 257 g/mol. The number of carbonyl (C=O) groups excluding carboxylic acids is 1. The molecule has 1 aromatic heterocycles. The normalized spacial score (nSPS) is 10.3. The third-order valence-electron chi connectivity index (χ3n) is 2.14. The van der Waals surface area contributed by atoms with E-state index in [1.54, 1.807) is 23.3 Å². The van der Waals surface area contributed by atoms with E-state index >= 15 is 0 Å². The molecule has 1 heterocycles. The Kier molecular flexibility index (Phi) is 5.93. The van der Waals surface area contributed by atoms with Crippen LogP contribution in [0.2, 0.25) is 0 Å². The van der Waals surface area contributed by atoms with E-state index in [4.69, 9.17) is 4.74 Å². The monoisotopic (exact) mass is 257 g/mol. The highest BCUT2D eigenvalue weighted by atomic mass is 32.1. The van der Waals surface area contributed by atoms with Crippen molar-refractivity contribution in [3.63, 3.8) is 0 Å². The Hall–Kier alpha value is -1.14. The maximum atomic E-state index is 11.7. The molecule has 17 heavy (non-hydrogen) atoms. The number of amides is 2. The minimum Gasteiger partial charge on any atom is -0.380 e. The Labute approximate surface area is 106 Å². The number of rotatable bonds is 6. The number of urea groups is 1. The van der Waals surface area contributed by atoms with Gasteiger partial charge in [-0.3, -0.25) is 0 Å². The summed E-state index contributed by atoms with van der Waals surface area (Å²) in [5.74, 6) is 0. The molecule has 96 valence electrons. The molecule has 0 aliphatic heterocycles. The van der Waals surface area contributed by atoms with Crippen molar-refractivity contribution in [1.82, 2.24) is 15.2 Å². The molecule has 2 amide bonds. The maximum Gasteiger partial charge on any atom is 0.317 e. The van der Waals surface area contributed by atoms with Crippen LogP contribution in [0.15, 0.2) is 5.38 Å².